The zero-order valence-electron chi connectivity index (χ0n) is 13.4. The van der Waals surface area contributed by atoms with Crippen LogP contribution in [0.4, 0.5) is 0 Å². The summed E-state index contributed by atoms with van der Waals surface area (Å²) in [6, 6.07) is 1.62. The Morgan fingerprint density at radius 3 is 3.17 bits per heavy atom. The van der Waals surface area contributed by atoms with Gasteiger partial charge in [0.15, 0.2) is 0 Å². The summed E-state index contributed by atoms with van der Waals surface area (Å²) in [5, 5.41) is 6.93. The third kappa shape index (κ3) is 3.59. The predicted octanol–water partition coefficient (Wildman–Crippen LogP) is 0.499. The first-order valence-corrected chi connectivity index (χ1v) is 7.59. The van der Waals surface area contributed by atoms with Crippen molar-refractivity contribution in [2.75, 3.05) is 26.8 Å². The van der Waals surface area contributed by atoms with Crippen LogP contribution in [0.3, 0.4) is 0 Å². The van der Waals surface area contributed by atoms with Crippen molar-refractivity contribution in [2.24, 2.45) is 0 Å². The van der Waals surface area contributed by atoms with Crippen molar-refractivity contribution in [2.45, 2.75) is 26.1 Å². The molecule has 23 heavy (non-hydrogen) atoms. The number of imidazole rings is 1. The fraction of sp³-hybridized carbons (Fsp3) is 0.533. The van der Waals surface area contributed by atoms with Crippen molar-refractivity contribution in [3.63, 3.8) is 0 Å². The molecule has 1 aliphatic rings. The number of aromatic nitrogens is 3. The molecule has 2 aromatic rings. The van der Waals surface area contributed by atoms with E-state index in [1.807, 2.05) is 17.6 Å². The van der Waals surface area contributed by atoms with Gasteiger partial charge in [-0.25, -0.2) is 4.98 Å². The second kappa shape index (κ2) is 6.93. The summed E-state index contributed by atoms with van der Waals surface area (Å²) in [6.45, 7) is 4.84. The van der Waals surface area contributed by atoms with E-state index >= 15 is 0 Å². The molecule has 3 heterocycles. The molecule has 3 rings (SSSR count). The quantitative estimate of drug-likeness (QED) is 0.780. The number of amides is 1. The van der Waals surface area contributed by atoms with E-state index in [1.54, 1.807) is 19.6 Å². The third-order valence-electron chi connectivity index (χ3n) is 3.87. The van der Waals surface area contributed by atoms with Crippen LogP contribution in [0.25, 0.3) is 0 Å². The Kier molecular flexibility index (Phi) is 4.73. The number of fused-ring (bicyclic) bond motifs is 1. The number of hydrogen-bond donors (Lipinski definition) is 1. The molecule has 0 unspecified atom stereocenters. The number of methoxy groups -OCH3 is 1. The largest absolute Gasteiger partial charge is 0.383 e. The fourth-order valence-corrected chi connectivity index (χ4v) is 2.81. The van der Waals surface area contributed by atoms with E-state index in [0.29, 0.717) is 26.2 Å². The normalized spacial score (nSPS) is 17.9. The number of nitrogens with zero attached hydrogens (tertiary/aromatic N) is 4. The van der Waals surface area contributed by atoms with E-state index in [9.17, 15) is 4.79 Å². The zero-order chi connectivity index (χ0) is 16.2. The zero-order valence-corrected chi connectivity index (χ0v) is 13.4. The molecule has 0 aromatic carbocycles. The highest BCUT2D eigenvalue weighted by Crippen LogP contribution is 2.22. The molecule has 8 heteroatoms. The molecule has 0 fully saturated rings. The maximum absolute atomic E-state index is 12.5. The van der Waals surface area contributed by atoms with Crippen molar-refractivity contribution in [1.29, 1.82) is 0 Å². The van der Waals surface area contributed by atoms with Crippen LogP contribution in [-0.4, -0.2) is 52.3 Å². The summed E-state index contributed by atoms with van der Waals surface area (Å²) in [5.74, 6) is 0.762. The molecule has 1 N–H and O–H groups in total. The van der Waals surface area contributed by atoms with E-state index < -0.39 is 0 Å². The van der Waals surface area contributed by atoms with Gasteiger partial charge in [0.05, 0.1) is 24.3 Å². The molecular weight excluding hydrogens is 298 g/mol. The lowest BCUT2D eigenvalue weighted by molar-refractivity contribution is -0.125. The number of carbonyl (C=O) groups excluding carboxylic acids is 1. The summed E-state index contributed by atoms with van der Waals surface area (Å²) in [7, 11) is 1.61. The number of aryl methyl sites for hydroxylation is 1. The topological polar surface area (TPSA) is 85.4 Å². The highest BCUT2D eigenvalue weighted by atomic mass is 16.5. The van der Waals surface area contributed by atoms with Gasteiger partial charge in [0, 0.05) is 45.6 Å². The Morgan fingerprint density at radius 1 is 1.57 bits per heavy atom. The van der Waals surface area contributed by atoms with Crippen molar-refractivity contribution in [3.8, 4) is 0 Å². The molecule has 0 saturated heterocycles. The second-order valence-electron chi connectivity index (χ2n) is 5.69. The van der Waals surface area contributed by atoms with Crippen LogP contribution >= 0.6 is 0 Å². The molecular formula is C15H21N5O3. The predicted molar refractivity (Wildman–Crippen MR) is 81.5 cm³/mol. The number of hydrogen-bond acceptors (Lipinski definition) is 6. The van der Waals surface area contributed by atoms with Gasteiger partial charge in [-0.1, -0.05) is 5.16 Å². The number of nitrogens with one attached hydrogen (secondary N) is 1. The molecule has 1 amide bonds. The van der Waals surface area contributed by atoms with Crippen LogP contribution in [0.1, 0.15) is 23.2 Å². The van der Waals surface area contributed by atoms with Gasteiger partial charge in [0.25, 0.3) is 0 Å². The number of carbonyl (C=O) groups is 1. The Hall–Kier alpha value is -2.19. The Labute approximate surface area is 134 Å². The fourth-order valence-electron chi connectivity index (χ4n) is 2.81. The van der Waals surface area contributed by atoms with Gasteiger partial charge in [-0.2, -0.15) is 0 Å². The minimum atomic E-state index is -0.300. The highest BCUT2D eigenvalue weighted by Gasteiger charge is 2.30. The summed E-state index contributed by atoms with van der Waals surface area (Å²) in [5.41, 5.74) is 1.89. The number of rotatable bonds is 6. The van der Waals surface area contributed by atoms with E-state index in [4.69, 9.17) is 9.26 Å². The van der Waals surface area contributed by atoms with E-state index in [2.05, 4.69) is 20.4 Å². The van der Waals surface area contributed by atoms with Crippen LogP contribution in [0, 0.1) is 6.92 Å². The van der Waals surface area contributed by atoms with Crippen LogP contribution in [0.2, 0.25) is 0 Å². The van der Waals surface area contributed by atoms with Crippen molar-refractivity contribution in [1.82, 2.24) is 24.9 Å². The first-order chi connectivity index (χ1) is 11.2. The lowest BCUT2D eigenvalue weighted by Gasteiger charge is -2.33. The average Bonchev–Trinajstić information content (AvgIpc) is 3.15. The molecule has 1 aliphatic heterocycles. The standard InChI is InChI=1S/C15H21N5O3/c1-11-5-12(18-23-11)7-19-8-13-6-16-10-20(13)14(9-19)15(21)17-3-4-22-2/h5-6,10,14H,3-4,7-9H2,1-2H3,(H,17,21)/t14-/m1/s1. The molecule has 0 aliphatic carbocycles. The third-order valence-corrected chi connectivity index (χ3v) is 3.87. The van der Waals surface area contributed by atoms with Gasteiger partial charge in [-0.05, 0) is 6.92 Å². The van der Waals surface area contributed by atoms with Crippen LogP contribution in [-0.2, 0) is 22.6 Å². The average molecular weight is 319 g/mol. The molecule has 0 spiro atoms. The van der Waals surface area contributed by atoms with E-state index in [-0.39, 0.29) is 11.9 Å². The van der Waals surface area contributed by atoms with E-state index in [0.717, 1.165) is 23.7 Å². The van der Waals surface area contributed by atoms with Gasteiger partial charge in [0.1, 0.15) is 11.8 Å². The molecule has 0 radical (unpaired) electrons. The second-order valence-corrected chi connectivity index (χ2v) is 5.69. The van der Waals surface area contributed by atoms with Gasteiger partial charge in [-0.3, -0.25) is 9.69 Å². The molecule has 0 bridgehead atoms. The summed E-state index contributed by atoms with van der Waals surface area (Å²) >= 11 is 0. The lowest BCUT2D eigenvalue weighted by Crippen LogP contribution is -2.44. The monoisotopic (exact) mass is 319 g/mol. The van der Waals surface area contributed by atoms with Crippen LogP contribution in [0.5, 0.6) is 0 Å². The van der Waals surface area contributed by atoms with Crippen molar-refractivity contribution < 1.29 is 14.1 Å². The van der Waals surface area contributed by atoms with Gasteiger partial charge in [0.2, 0.25) is 5.91 Å². The minimum absolute atomic E-state index is 0.0256. The Balaban J connectivity index is 1.70. The van der Waals surface area contributed by atoms with E-state index in [1.165, 1.54) is 0 Å². The smallest absolute Gasteiger partial charge is 0.244 e. The first kappa shape index (κ1) is 15.7. The molecule has 124 valence electrons. The van der Waals surface area contributed by atoms with Gasteiger partial charge in [-0.15, -0.1) is 0 Å². The first-order valence-electron chi connectivity index (χ1n) is 7.59. The van der Waals surface area contributed by atoms with Gasteiger partial charge >= 0.3 is 0 Å². The maximum atomic E-state index is 12.5. The highest BCUT2D eigenvalue weighted by molar-refractivity contribution is 5.80. The Morgan fingerprint density at radius 2 is 2.43 bits per heavy atom. The van der Waals surface area contributed by atoms with Crippen LogP contribution < -0.4 is 5.32 Å². The summed E-state index contributed by atoms with van der Waals surface area (Å²) < 4.78 is 12.0. The molecule has 1 atom stereocenters. The Bertz CT molecular complexity index is 666. The summed E-state index contributed by atoms with van der Waals surface area (Å²) in [4.78, 5) is 18.8. The molecule has 8 nitrogen and oxygen atoms in total. The molecule has 2 aromatic heterocycles. The van der Waals surface area contributed by atoms with Crippen molar-refractivity contribution in [3.05, 3.63) is 35.7 Å². The minimum Gasteiger partial charge on any atom is -0.383 e. The SMILES string of the molecule is COCCNC(=O)[C@H]1CN(Cc2cc(C)on2)Cc2cncn21. The van der Waals surface area contributed by atoms with Crippen LogP contribution in [0.15, 0.2) is 23.1 Å². The van der Waals surface area contributed by atoms with Crippen molar-refractivity contribution >= 4 is 5.91 Å². The number of ether oxygens (including phenoxy) is 1. The van der Waals surface area contributed by atoms with Gasteiger partial charge < -0.3 is 19.1 Å². The summed E-state index contributed by atoms with van der Waals surface area (Å²) in [6.07, 6.45) is 3.52. The maximum Gasteiger partial charge on any atom is 0.244 e. The lowest BCUT2D eigenvalue weighted by atomic mass is 10.1. The molecule has 0 saturated carbocycles.